The quantitative estimate of drug-likeness (QED) is 0.339. The van der Waals surface area contributed by atoms with E-state index >= 15 is 0 Å². The Labute approximate surface area is 204 Å². The van der Waals surface area contributed by atoms with Crippen LogP contribution in [0.3, 0.4) is 0 Å². The van der Waals surface area contributed by atoms with Crippen LogP contribution in [0.15, 0.2) is 30.9 Å². The topological polar surface area (TPSA) is 117 Å². The molecule has 3 N–H and O–H groups in total. The Hall–Kier alpha value is -3.41. The lowest BCUT2D eigenvalue weighted by Crippen LogP contribution is -2.44. The molecular formula is C21H21Cl2N11. The first-order chi connectivity index (χ1) is 16.5. The number of nitrogens with zero attached hydrogens (tertiary/aromatic N) is 8. The fraction of sp³-hybridized carbons (Fsp3) is 0.286. The molecule has 174 valence electrons. The number of aromatic nitrogens is 8. The van der Waals surface area contributed by atoms with E-state index in [0.29, 0.717) is 39.5 Å². The van der Waals surface area contributed by atoms with Crippen LogP contribution in [0, 0.1) is 0 Å². The Kier molecular flexibility index (Phi) is 5.24. The van der Waals surface area contributed by atoms with Crippen molar-refractivity contribution in [1.82, 2.24) is 44.6 Å². The van der Waals surface area contributed by atoms with Crippen LogP contribution in [0.4, 0.5) is 11.8 Å². The van der Waals surface area contributed by atoms with E-state index in [-0.39, 0.29) is 0 Å². The van der Waals surface area contributed by atoms with Gasteiger partial charge < -0.3 is 20.5 Å². The average molecular weight is 498 g/mol. The van der Waals surface area contributed by atoms with Crippen molar-refractivity contribution >= 4 is 57.2 Å². The summed E-state index contributed by atoms with van der Waals surface area (Å²) in [6, 6.07) is 3.52. The van der Waals surface area contributed by atoms with Crippen molar-refractivity contribution in [2.45, 2.75) is 6.54 Å². The van der Waals surface area contributed by atoms with Gasteiger partial charge in [-0.15, -0.1) is 0 Å². The third-order valence-corrected chi connectivity index (χ3v) is 6.47. The van der Waals surface area contributed by atoms with E-state index < -0.39 is 0 Å². The minimum atomic E-state index is 0.413. The van der Waals surface area contributed by atoms with Crippen LogP contribution in [-0.4, -0.2) is 65.4 Å². The number of fused-ring (bicyclic) bond motifs is 2. The van der Waals surface area contributed by atoms with Gasteiger partial charge in [-0.2, -0.15) is 15.1 Å². The fourth-order valence-electron chi connectivity index (χ4n) is 4.05. The second kappa shape index (κ2) is 8.42. The highest BCUT2D eigenvalue weighted by atomic mass is 35.5. The van der Waals surface area contributed by atoms with E-state index in [1.807, 2.05) is 17.8 Å². The van der Waals surface area contributed by atoms with Crippen molar-refractivity contribution in [3.63, 3.8) is 0 Å². The summed E-state index contributed by atoms with van der Waals surface area (Å²) in [4.78, 5) is 24.4. The first-order valence-electron chi connectivity index (χ1n) is 10.8. The predicted molar refractivity (Wildman–Crippen MR) is 132 cm³/mol. The summed E-state index contributed by atoms with van der Waals surface area (Å²) in [5.41, 5.74) is 3.84. The number of halogens is 2. The fourth-order valence-corrected chi connectivity index (χ4v) is 4.37. The van der Waals surface area contributed by atoms with Gasteiger partial charge in [0.1, 0.15) is 12.2 Å². The highest BCUT2D eigenvalue weighted by Crippen LogP contribution is 2.28. The lowest BCUT2D eigenvalue weighted by Gasteiger charge is -2.27. The number of imidazole rings is 2. The average Bonchev–Trinajstić information content (AvgIpc) is 3.56. The number of hydrogen-bond acceptors (Lipinski definition) is 8. The molecule has 34 heavy (non-hydrogen) atoms. The summed E-state index contributed by atoms with van der Waals surface area (Å²) >= 11 is 12.3. The van der Waals surface area contributed by atoms with Crippen LogP contribution in [0.25, 0.3) is 27.9 Å². The van der Waals surface area contributed by atoms with Gasteiger partial charge in [0.15, 0.2) is 17.0 Å². The number of nitrogens with one attached hydrogen (secondary N) is 3. The summed E-state index contributed by atoms with van der Waals surface area (Å²) < 4.78 is 3.67. The predicted octanol–water partition coefficient (Wildman–Crippen LogP) is 2.75. The zero-order valence-corrected chi connectivity index (χ0v) is 19.8. The SMILES string of the molecule is Cn1cc(-n2cnc3c(NCc4nc5cc(Cl)c(Cl)cc5[nH]4)nc(N4CCNCC4)nc32)cn1. The summed E-state index contributed by atoms with van der Waals surface area (Å²) in [5, 5.41) is 12.0. The zero-order valence-electron chi connectivity index (χ0n) is 18.3. The number of benzene rings is 1. The molecule has 0 spiro atoms. The molecule has 11 nitrogen and oxygen atoms in total. The maximum Gasteiger partial charge on any atom is 0.229 e. The molecule has 0 atom stereocenters. The van der Waals surface area contributed by atoms with Crippen molar-refractivity contribution < 1.29 is 0 Å². The van der Waals surface area contributed by atoms with Gasteiger partial charge in [0.25, 0.3) is 0 Å². The number of anilines is 2. The first kappa shape index (κ1) is 21.1. The molecule has 0 amide bonds. The molecular weight excluding hydrogens is 477 g/mol. The van der Waals surface area contributed by atoms with Crippen LogP contribution in [0.1, 0.15) is 5.82 Å². The van der Waals surface area contributed by atoms with Gasteiger partial charge in [0.2, 0.25) is 5.95 Å². The minimum absolute atomic E-state index is 0.413. The molecule has 1 aliphatic rings. The summed E-state index contributed by atoms with van der Waals surface area (Å²) in [6.07, 6.45) is 5.45. The molecule has 0 bridgehead atoms. The van der Waals surface area contributed by atoms with E-state index in [4.69, 9.17) is 33.2 Å². The lowest BCUT2D eigenvalue weighted by molar-refractivity contribution is 0.580. The van der Waals surface area contributed by atoms with Gasteiger partial charge >= 0.3 is 0 Å². The standard InChI is InChI=1S/C21H21Cl2N11/c1-32-10-12(8-27-32)34-11-26-18-19(30-21(31-20(18)34)33-4-2-24-3-5-33)25-9-17-28-15-6-13(22)14(23)7-16(15)29-17/h6-8,10-11,24H,2-5,9H2,1H3,(H,28,29)(H,25,30,31). The molecule has 13 heteroatoms. The van der Waals surface area contributed by atoms with Gasteiger partial charge in [-0.25, -0.2) is 9.97 Å². The maximum absolute atomic E-state index is 6.14. The Morgan fingerprint density at radius 2 is 1.91 bits per heavy atom. The highest BCUT2D eigenvalue weighted by Gasteiger charge is 2.20. The van der Waals surface area contributed by atoms with E-state index in [0.717, 1.165) is 48.7 Å². The maximum atomic E-state index is 6.14. The Bertz CT molecular complexity index is 1460. The first-order valence-corrected chi connectivity index (χ1v) is 11.6. The minimum Gasteiger partial charge on any atom is -0.361 e. The monoisotopic (exact) mass is 497 g/mol. The van der Waals surface area contributed by atoms with Gasteiger partial charge in [0.05, 0.1) is 39.5 Å². The van der Waals surface area contributed by atoms with E-state index in [1.165, 1.54) is 0 Å². The molecule has 0 radical (unpaired) electrons. The van der Waals surface area contributed by atoms with Crippen molar-refractivity contribution in [2.75, 3.05) is 36.4 Å². The number of aryl methyl sites for hydroxylation is 1. The molecule has 5 heterocycles. The number of aromatic amines is 1. The summed E-state index contributed by atoms with van der Waals surface area (Å²) in [5.74, 6) is 2.03. The number of piperazine rings is 1. The Balaban J connectivity index is 1.38. The van der Waals surface area contributed by atoms with Crippen molar-refractivity contribution in [2.24, 2.45) is 7.05 Å². The molecule has 0 saturated carbocycles. The van der Waals surface area contributed by atoms with Crippen LogP contribution < -0.4 is 15.5 Å². The van der Waals surface area contributed by atoms with Crippen molar-refractivity contribution in [3.05, 3.63) is 46.7 Å². The zero-order chi connectivity index (χ0) is 23.2. The van der Waals surface area contributed by atoms with E-state index in [1.54, 1.807) is 29.3 Å². The number of rotatable bonds is 5. The van der Waals surface area contributed by atoms with Crippen molar-refractivity contribution in [3.8, 4) is 5.69 Å². The summed E-state index contributed by atoms with van der Waals surface area (Å²) in [7, 11) is 1.88. The number of hydrogen-bond donors (Lipinski definition) is 3. The molecule has 1 saturated heterocycles. The lowest BCUT2D eigenvalue weighted by atomic mass is 10.3. The molecule has 1 fully saturated rings. The molecule has 5 aromatic rings. The van der Waals surface area contributed by atoms with Crippen molar-refractivity contribution in [1.29, 1.82) is 0 Å². The third kappa shape index (κ3) is 3.81. The molecule has 6 rings (SSSR count). The van der Waals surface area contributed by atoms with Crippen LogP contribution >= 0.6 is 23.2 Å². The van der Waals surface area contributed by atoms with Crippen LogP contribution in [0.5, 0.6) is 0 Å². The third-order valence-electron chi connectivity index (χ3n) is 5.75. The van der Waals surface area contributed by atoms with Gasteiger partial charge in [0, 0.05) is 39.4 Å². The Morgan fingerprint density at radius 3 is 2.71 bits per heavy atom. The largest absolute Gasteiger partial charge is 0.361 e. The second-order valence-corrected chi connectivity index (χ2v) is 8.90. The summed E-state index contributed by atoms with van der Waals surface area (Å²) in [6.45, 7) is 3.84. The normalized spacial score (nSPS) is 14.4. The van der Waals surface area contributed by atoms with Gasteiger partial charge in [-0.1, -0.05) is 23.2 Å². The van der Waals surface area contributed by atoms with Gasteiger partial charge in [-0.3, -0.25) is 9.25 Å². The molecule has 0 aliphatic carbocycles. The second-order valence-electron chi connectivity index (χ2n) is 8.09. The van der Waals surface area contributed by atoms with Crippen LogP contribution in [0.2, 0.25) is 10.0 Å². The highest BCUT2D eigenvalue weighted by molar-refractivity contribution is 6.42. The molecule has 0 unspecified atom stereocenters. The Morgan fingerprint density at radius 1 is 1.09 bits per heavy atom. The van der Waals surface area contributed by atoms with Gasteiger partial charge in [-0.05, 0) is 12.1 Å². The molecule has 1 aliphatic heterocycles. The molecule has 1 aromatic carbocycles. The van der Waals surface area contributed by atoms with Crippen LogP contribution in [-0.2, 0) is 13.6 Å². The smallest absolute Gasteiger partial charge is 0.229 e. The van der Waals surface area contributed by atoms with E-state index in [9.17, 15) is 0 Å². The number of H-pyrrole nitrogens is 1. The van der Waals surface area contributed by atoms with E-state index in [2.05, 4.69) is 35.6 Å². The molecule has 4 aromatic heterocycles.